The summed E-state index contributed by atoms with van der Waals surface area (Å²) in [5, 5.41) is 3.71. The number of carbonyl (C=O) groups is 1. The van der Waals surface area contributed by atoms with Gasteiger partial charge in [-0.25, -0.2) is 8.42 Å². The lowest BCUT2D eigenvalue weighted by molar-refractivity contribution is 0.0942. The van der Waals surface area contributed by atoms with Crippen LogP contribution < -0.4 is 5.32 Å². The average molecular weight is 483 g/mol. The van der Waals surface area contributed by atoms with Gasteiger partial charge >= 0.3 is 0 Å². The van der Waals surface area contributed by atoms with Crippen molar-refractivity contribution in [3.63, 3.8) is 0 Å². The Balaban J connectivity index is 1.66. The van der Waals surface area contributed by atoms with Crippen LogP contribution in [-0.4, -0.2) is 31.7 Å². The van der Waals surface area contributed by atoms with Gasteiger partial charge in [-0.2, -0.15) is 4.31 Å². The van der Waals surface area contributed by atoms with Gasteiger partial charge in [-0.05, 0) is 60.7 Å². The highest BCUT2D eigenvalue weighted by molar-refractivity contribution is 7.89. The maximum Gasteiger partial charge on any atom is 0.252 e. The third-order valence-corrected chi connectivity index (χ3v) is 8.16. The minimum atomic E-state index is -3.63. The van der Waals surface area contributed by atoms with Crippen molar-refractivity contribution in [3.8, 4) is 0 Å². The first-order valence-corrected chi connectivity index (χ1v) is 12.9. The second-order valence-electron chi connectivity index (χ2n) is 8.31. The molecule has 0 aromatic heterocycles. The van der Waals surface area contributed by atoms with E-state index < -0.39 is 16.1 Å². The molecule has 0 aliphatic carbocycles. The Morgan fingerprint density at radius 2 is 1.55 bits per heavy atom. The van der Waals surface area contributed by atoms with Crippen LogP contribution >= 0.6 is 11.6 Å². The number of sulfonamides is 1. The lowest BCUT2D eigenvalue weighted by Crippen LogP contribution is -2.36. The molecule has 0 radical (unpaired) electrons. The van der Waals surface area contributed by atoms with Crippen molar-refractivity contribution in [2.45, 2.75) is 37.1 Å². The molecule has 33 heavy (non-hydrogen) atoms. The number of aryl methyl sites for hydroxylation is 1. The molecule has 172 valence electrons. The maximum atomic E-state index is 13.4. The summed E-state index contributed by atoms with van der Waals surface area (Å²) in [7, 11) is -3.63. The molecule has 1 amide bonds. The van der Waals surface area contributed by atoms with Crippen LogP contribution in [0.4, 0.5) is 0 Å². The molecule has 1 heterocycles. The standard InChI is InChI=1S/C26H27ClN2O3S/c1-19-10-15-23(33(31,32)29-16-6-3-7-17-29)18-24(19)26(30)28-25(20-8-4-2-5-9-20)21-11-13-22(27)14-12-21/h2,4-5,8-15,18,25H,3,6-7,16-17H2,1H3,(H,28,30). The number of rotatable bonds is 6. The predicted octanol–water partition coefficient (Wildman–Crippen LogP) is 5.34. The molecule has 3 aromatic rings. The summed E-state index contributed by atoms with van der Waals surface area (Å²) in [5.74, 6) is -0.327. The number of hydrogen-bond donors (Lipinski definition) is 1. The van der Waals surface area contributed by atoms with Crippen LogP contribution in [-0.2, 0) is 10.0 Å². The fourth-order valence-electron chi connectivity index (χ4n) is 4.13. The summed E-state index contributed by atoms with van der Waals surface area (Å²) in [6.45, 7) is 2.85. The zero-order valence-corrected chi connectivity index (χ0v) is 20.1. The maximum absolute atomic E-state index is 13.4. The lowest BCUT2D eigenvalue weighted by atomic mass is 9.98. The van der Waals surface area contributed by atoms with Gasteiger partial charge in [0.25, 0.3) is 5.91 Å². The Bertz CT molecular complexity index is 1220. The van der Waals surface area contributed by atoms with E-state index in [4.69, 9.17) is 11.6 Å². The number of hydrogen-bond acceptors (Lipinski definition) is 3. The fourth-order valence-corrected chi connectivity index (χ4v) is 5.80. The Kier molecular flexibility index (Phi) is 7.17. The second-order valence-corrected chi connectivity index (χ2v) is 10.7. The minimum absolute atomic E-state index is 0.155. The molecule has 1 N–H and O–H groups in total. The van der Waals surface area contributed by atoms with E-state index in [1.807, 2.05) is 49.4 Å². The highest BCUT2D eigenvalue weighted by atomic mass is 35.5. The normalized spacial score (nSPS) is 15.7. The van der Waals surface area contributed by atoms with Gasteiger partial charge in [0.05, 0.1) is 10.9 Å². The third kappa shape index (κ3) is 5.29. The van der Waals surface area contributed by atoms with Gasteiger partial charge in [0.15, 0.2) is 0 Å². The topological polar surface area (TPSA) is 66.5 Å². The van der Waals surface area contributed by atoms with Gasteiger partial charge in [0, 0.05) is 23.7 Å². The summed E-state index contributed by atoms with van der Waals surface area (Å²) in [6, 6.07) is 21.4. The smallest absolute Gasteiger partial charge is 0.252 e. The molecule has 1 atom stereocenters. The molecule has 3 aromatic carbocycles. The van der Waals surface area contributed by atoms with E-state index in [9.17, 15) is 13.2 Å². The molecule has 1 aliphatic rings. The molecule has 1 saturated heterocycles. The monoisotopic (exact) mass is 482 g/mol. The van der Waals surface area contributed by atoms with Crippen molar-refractivity contribution < 1.29 is 13.2 Å². The van der Waals surface area contributed by atoms with Gasteiger partial charge in [-0.1, -0.05) is 66.6 Å². The van der Waals surface area contributed by atoms with E-state index in [1.165, 1.54) is 10.4 Å². The number of halogens is 1. The summed E-state index contributed by atoms with van der Waals surface area (Å²) < 4.78 is 27.8. The predicted molar refractivity (Wildman–Crippen MR) is 131 cm³/mol. The van der Waals surface area contributed by atoms with Crippen molar-refractivity contribution in [2.75, 3.05) is 13.1 Å². The minimum Gasteiger partial charge on any atom is -0.341 e. The first-order chi connectivity index (χ1) is 15.9. The zero-order chi connectivity index (χ0) is 23.4. The lowest BCUT2D eigenvalue weighted by Gasteiger charge is -2.26. The fraction of sp³-hybridized carbons (Fsp3) is 0.269. The third-order valence-electron chi connectivity index (χ3n) is 6.02. The van der Waals surface area contributed by atoms with E-state index in [2.05, 4.69) is 5.32 Å². The molecule has 7 heteroatoms. The van der Waals surface area contributed by atoms with Crippen LogP contribution in [0.2, 0.25) is 5.02 Å². The number of piperidine rings is 1. The molecular weight excluding hydrogens is 456 g/mol. The first kappa shape index (κ1) is 23.5. The van der Waals surface area contributed by atoms with Crippen molar-refractivity contribution >= 4 is 27.5 Å². The summed E-state index contributed by atoms with van der Waals surface area (Å²) in [6.07, 6.45) is 2.76. The highest BCUT2D eigenvalue weighted by Crippen LogP contribution is 2.26. The van der Waals surface area contributed by atoms with E-state index in [0.29, 0.717) is 29.2 Å². The van der Waals surface area contributed by atoms with Gasteiger partial charge in [-0.3, -0.25) is 4.79 Å². The van der Waals surface area contributed by atoms with Crippen LogP contribution in [0.1, 0.15) is 52.4 Å². The number of amides is 1. The van der Waals surface area contributed by atoms with Gasteiger partial charge in [0.2, 0.25) is 10.0 Å². The Hall–Kier alpha value is -2.67. The molecule has 5 nitrogen and oxygen atoms in total. The number of carbonyl (C=O) groups excluding carboxylic acids is 1. The van der Waals surface area contributed by atoms with E-state index in [1.54, 1.807) is 24.3 Å². The molecule has 0 bridgehead atoms. The van der Waals surface area contributed by atoms with Gasteiger partial charge in [0.1, 0.15) is 0 Å². The largest absolute Gasteiger partial charge is 0.341 e. The molecule has 1 fully saturated rings. The number of nitrogens with zero attached hydrogens (tertiary/aromatic N) is 1. The molecule has 0 saturated carbocycles. The molecule has 4 rings (SSSR count). The zero-order valence-electron chi connectivity index (χ0n) is 18.5. The summed E-state index contributed by atoms with van der Waals surface area (Å²) in [4.78, 5) is 13.6. The van der Waals surface area contributed by atoms with E-state index in [-0.39, 0.29) is 10.8 Å². The van der Waals surface area contributed by atoms with E-state index >= 15 is 0 Å². The van der Waals surface area contributed by atoms with Gasteiger partial charge < -0.3 is 5.32 Å². The molecule has 1 unspecified atom stereocenters. The van der Waals surface area contributed by atoms with Crippen LogP contribution in [0.3, 0.4) is 0 Å². The SMILES string of the molecule is Cc1ccc(S(=O)(=O)N2CCCCC2)cc1C(=O)NC(c1ccccc1)c1ccc(Cl)cc1. The highest BCUT2D eigenvalue weighted by Gasteiger charge is 2.27. The molecular formula is C26H27ClN2O3S. The number of benzene rings is 3. The van der Waals surface area contributed by atoms with Gasteiger partial charge in [-0.15, -0.1) is 0 Å². The summed E-state index contributed by atoms with van der Waals surface area (Å²) in [5.41, 5.74) is 2.87. The van der Waals surface area contributed by atoms with Crippen LogP contribution in [0, 0.1) is 6.92 Å². The van der Waals surface area contributed by atoms with Crippen molar-refractivity contribution in [1.82, 2.24) is 9.62 Å². The summed E-state index contributed by atoms with van der Waals surface area (Å²) >= 11 is 6.06. The van der Waals surface area contributed by atoms with Crippen molar-refractivity contribution in [1.29, 1.82) is 0 Å². The van der Waals surface area contributed by atoms with Crippen LogP contribution in [0.25, 0.3) is 0 Å². The Morgan fingerprint density at radius 1 is 0.909 bits per heavy atom. The quantitative estimate of drug-likeness (QED) is 0.515. The second kappa shape index (κ2) is 10.1. The number of nitrogens with one attached hydrogen (secondary N) is 1. The first-order valence-electron chi connectivity index (χ1n) is 11.1. The average Bonchev–Trinajstić information content (AvgIpc) is 2.84. The van der Waals surface area contributed by atoms with Crippen LogP contribution in [0.15, 0.2) is 77.7 Å². The van der Waals surface area contributed by atoms with Crippen molar-refractivity contribution in [2.24, 2.45) is 0 Å². The molecule has 0 spiro atoms. The van der Waals surface area contributed by atoms with E-state index in [0.717, 1.165) is 30.4 Å². The van der Waals surface area contributed by atoms with Crippen molar-refractivity contribution in [3.05, 3.63) is 100 Å². The Labute approximate surface area is 200 Å². The Morgan fingerprint density at radius 3 is 2.21 bits per heavy atom. The van der Waals surface area contributed by atoms with Crippen LogP contribution in [0.5, 0.6) is 0 Å². The molecule has 1 aliphatic heterocycles.